The van der Waals surface area contributed by atoms with Gasteiger partial charge in [-0.05, 0) is 24.7 Å². The Morgan fingerprint density at radius 2 is 1.60 bits per heavy atom. The van der Waals surface area contributed by atoms with Gasteiger partial charge in [0.2, 0.25) is 0 Å². The lowest BCUT2D eigenvalue weighted by molar-refractivity contribution is -0.108. The van der Waals surface area contributed by atoms with E-state index in [1.807, 2.05) is 0 Å². The molecule has 0 radical (unpaired) electrons. The fourth-order valence-corrected chi connectivity index (χ4v) is 1.65. The first-order chi connectivity index (χ1) is 6.93. The van der Waals surface area contributed by atoms with Gasteiger partial charge in [0, 0.05) is 6.42 Å². The molecule has 0 aliphatic rings. The van der Waals surface area contributed by atoms with Crippen LogP contribution in [0.4, 0.5) is 0 Å². The molecule has 0 amide bonds. The summed E-state index contributed by atoms with van der Waals surface area (Å²) in [5.41, 5.74) is 0. The van der Waals surface area contributed by atoms with Crippen molar-refractivity contribution in [1.29, 1.82) is 0 Å². The van der Waals surface area contributed by atoms with Crippen molar-refractivity contribution in [2.75, 3.05) is 0 Å². The summed E-state index contributed by atoms with van der Waals surface area (Å²) in [6, 6.07) is 0. The first-order valence-corrected chi connectivity index (χ1v) is 6.38. The van der Waals surface area contributed by atoms with Gasteiger partial charge < -0.3 is 9.59 Å². The van der Waals surface area contributed by atoms with E-state index in [9.17, 15) is 9.59 Å². The Bertz CT molecular complexity index is 156. The Balaban J connectivity index is 0. The Morgan fingerprint density at radius 1 is 1.07 bits per heavy atom. The van der Waals surface area contributed by atoms with Gasteiger partial charge in [-0.25, -0.2) is 0 Å². The third kappa shape index (κ3) is 20.0. The Morgan fingerprint density at radius 3 is 1.73 bits per heavy atom. The summed E-state index contributed by atoms with van der Waals surface area (Å²) in [6.07, 6.45) is 4.59. The second-order valence-electron chi connectivity index (χ2n) is 4.42. The van der Waals surface area contributed by atoms with Crippen LogP contribution in [0.15, 0.2) is 0 Å². The largest absolute Gasteiger partial charge is 0.303 e. The average molecular weight is 279 g/mol. The molecule has 0 aromatic rings. The van der Waals surface area contributed by atoms with Crippen LogP contribution in [-0.2, 0) is 9.59 Å². The minimum atomic E-state index is 0.0579. The predicted molar refractivity (Wildman–Crippen MR) is 68.4 cm³/mol. The number of alkyl halides is 1. The molecule has 0 saturated heterocycles. The van der Waals surface area contributed by atoms with E-state index in [0.29, 0.717) is 11.8 Å². The summed E-state index contributed by atoms with van der Waals surface area (Å²) in [7, 11) is 0. The Hall–Kier alpha value is -0.180. The van der Waals surface area contributed by atoms with Crippen LogP contribution in [0.2, 0.25) is 0 Å². The van der Waals surface area contributed by atoms with Crippen molar-refractivity contribution in [3.63, 3.8) is 0 Å². The predicted octanol–water partition coefficient (Wildman–Crippen LogP) is 3.62. The van der Waals surface area contributed by atoms with Crippen LogP contribution in [0.25, 0.3) is 0 Å². The van der Waals surface area contributed by atoms with E-state index < -0.39 is 0 Å². The molecule has 0 aliphatic carbocycles. The minimum Gasteiger partial charge on any atom is -0.303 e. The Kier molecular flexibility index (Phi) is 13.7. The van der Waals surface area contributed by atoms with Crippen LogP contribution >= 0.6 is 15.9 Å². The highest BCUT2D eigenvalue weighted by molar-refractivity contribution is 9.09. The molecule has 0 heterocycles. The standard InChI is InChI=1S/C6H11BrO.C6H12O/c1-5(2)3-6(7)4-8;1-6(2)4-3-5-7/h4-6H,3H2,1-2H3;5-6H,3-4H2,1-2H3. The first kappa shape index (κ1) is 17.2. The highest BCUT2D eigenvalue weighted by Gasteiger charge is 2.02. The third-order valence-corrected chi connectivity index (χ3v) is 2.30. The summed E-state index contributed by atoms with van der Waals surface area (Å²) in [5, 5.41) is 0. The quantitative estimate of drug-likeness (QED) is 0.549. The fourth-order valence-electron chi connectivity index (χ4n) is 0.907. The summed E-state index contributed by atoms with van der Waals surface area (Å²) in [5.74, 6) is 1.27. The number of hydrogen-bond donors (Lipinski definition) is 0. The molecule has 1 unspecified atom stereocenters. The molecule has 3 heteroatoms. The monoisotopic (exact) mass is 278 g/mol. The van der Waals surface area contributed by atoms with Gasteiger partial charge >= 0.3 is 0 Å². The van der Waals surface area contributed by atoms with Gasteiger partial charge in [0.1, 0.15) is 12.6 Å². The van der Waals surface area contributed by atoms with E-state index in [1.54, 1.807) is 0 Å². The summed E-state index contributed by atoms with van der Waals surface area (Å²) < 4.78 is 0. The highest BCUT2D eigenvalue weighted by Crippen LogP contribution is 2.09. The van der Waals surface area contributed by atoms with E-state index in [0.717, 1.165) is 31.8 Å². The average Bonchev–Trinajstić information content (AvgIpc) is 2.14. The van der Waals surface area contributed by atoms with Crippen molar-refractivity contribution in [2.45, 2.75) is 51.8 Å². The maximum Gasteiger partial charge on any atom is 0.133 e. The van der Waals surface area contributed by atoms with E-state index in [4.69, 9.17) is 0 Å². The lowest BCUT2D eigenvalue weighted by Gasteiger charge is -2.02. The van der Waals surface area contributed by atoms with Gasteiger partial charge in [-0.1, -0.05) is 43.6 Å². The molecule has 0 aromatic carbocycles. The van der Waals surface area contributed by atoms with Crippen molar-refractivity contribution in [1.82, 2.24) is 0 Å². The number of carbonyl (C=O) groups is 2. The highest BCUT2D eigenvalue weighted by atomic mass is 79.9. The Labute approximate surface area is 102 Å². The lowest BCUT2D eigenvalue weighted by Crippen LogP contribution is -2.02. The van der Waals surface area contributed by atoms with Crippen molar-refractivity contribution >= 4 is 28.5 Å². The van der Waals surface area contributed by atoms with Gasteiger partial charge in [-0.2, -0.15) is 0 Å². The zero-order valence-corrected chi connectivity index (χ0v) is 11.8. The molecule has 15 heavy (non-hydrogen) atoms. The second kappa shape index (κ2) is 11.9. The van der Waals surface area contributed by atoms with Crippen LogP contribution in [0.5, 0.6) is 0 Å². The molecule has 0 bridgehead atoms. The van der Waals surface area contributed by atoms with Crippen molar-refractivity contribution in [3.05, 3.63) is 0 Å². The van der Waals surface area contributed by atoms with Crippen LogP contribution in [0.1, 0.15) is 47.0 Å². The SMILES string of the molecule is CC(C)CC(Br)C=O.CC(C)CCC=O. The number of halogens is 1. The molecule has 0 aromatic heterocycles. The van der Waals surface area contributed by atoms with Gasteiger partial charge in [0.05, 0.1) is 4.83 Å². The van der Waals surface area contributed by atoms with Gasteiger partial charge in [-0.3, -0.25) is 0 Å². The smallest absolute Gasteiger partial charge is 0.133 e. The molecule has 0 aliphatic heterocycles. The normalized spacial score (nSPS) is 11.9. The van der Waals surface area contributed by atoms with Crippen LogP contribution < -0.4 is 0 Å². The fraction of sp³-hybridized carbons (Fsp3) is 0.833. The molecule has 0 spiro atoms. The molecular formula is C12H23BrO2. The third-order valence-electron chi connectivity index (χ3n) is 1.71. The second-order valence-corrected chi connectivity index (χ2v) is 5.60. The number of aldehydes is 2. The minimum absolute atomic E-state index is 0.0579. The van der Waals surface area contributed by atoms with Crippen molar-refractivity contribution in [3.8, 4) is 0 Å². The van der Waals surface area contributed by atoms with Gasteiger partial charge in [-0.15, -0.1) is 0 Å². The van der Waals surface area contributed by atoms with E-state index in [2.05, 4.69) is 43.6 Å². The first-order valence-electron chi connectivity index (χ1n) is 5.47. The lowest BCUT2D eigenvalue weighted by atomic mass is 10.1. The number of rotatable bonds is 6. The van der Waals surface area contributed by atoms with Crippen LogP contribution in [-0.4, -0.2) is 17.4 Å². The van der Waals surface area contributed by atoms with E-state index >= 15 is 0 Å². The van der Waals surface area contributed by atoms with Gasteiger partial charge in [0.25, 0.3) is 0 Å². The zero-order valence-electron chi connectivity index (χ0n) is 10.2. The molecule has 0 fully saturated rings. The molecule has 0 rings (SSSR count). The van der Waals surface area contributed by atoms with Crippen molar-refractivity contribution < 1.29 is 9.59 Å². The molecule has 0 saturated carbocycles. The summed E-state index contributed by atoms with van der Waals surface area (Å²) in [6.45, 7) is 8.42. The topological polar surface area (TPSA) is 34.1 Å². The number of hydrogen-bond acceptors (Lipinski definition) is 2. The van der Waals surface area contributed by atoms with E-state index in [-0.39, 0.29) is 4.83 Å². The molecule has 1 atom stereocenters. The van der Waals surface area contributed by atoms with Crippen LogP contribution in [0.3, 0.4) is 0 Å². The molecule has 2 nitrogen and oxygen atoms in total. The summed E-state index contributed by atoms with van der Waals surface area (Å²) >= 11 is 3.21. The van der Waals surface area contributed by atoms with Crippen molar-refractivity contribution in [2.24, 2.45) is 11.8 Å². The van der Waals surface area contributed by atoms with Crippen LogP contribution in [0, 0.1) is 11.8 Å². The zero-order chi connectivity index (χ0) is 12.3. The molecule has 90 valence electrons. The molecule has 0 N–H and O–H groups in total. The number of carbonyl (C=O) groups excluding carboxylic acids is 2. The molecular weight excluding hydrogens is 256 g/mol. The van der Waals surface area contributed by atoms with Gasteiger partial charge in [0.15, 0.2) is 0 Å². The maximum atomic E-state index is 9.99. The maximum absolute atomic E-state index is 9.99. The summed E-state index contributed by atoms with van der Waals surface area (Å²) in [4.78, 5) is 19.8. The van der Waals surface area contributed by atoms with E-state index in [1.165, 1.54) is 0 Å².